The molecule has 11 heteroatoms. The zero-order valence-electron chi connectivity index (χ0n) is 25.7. The second-order valence-electron chi connectivity index (χ2n) is 11.2. The van der Waals surface area contributed by atoms with Crippen molar-refractivity contribution in [2.24, 2.45) is 4.99 Å². The molecule has 0 aromatic heterocycles. The highest BCUT2D eigenvalue weighted by atomic mass is 32.2. The van der Waals surface area contributed by atoms with Gasteiger partial charge in [0.25, 0.3) is 0 Å². The summed E-state index contributed by atoms with van der Waals surface area (Å²) in [5.41, 5.74) is 3.40. The Bertz CT molecular complexity index is 1790. The number of amidine groups is 1. The Kier molecular flexibility index (Phi) is 9.82. The van der Waals surface area contributed by atoms with Crippen molar-refractivity contribution in [3.8, 4) is 5.75 Å². The van der Waals surface area contributed by atoms with Gasteiger partial charge in [0.15, 0.2) is 5.17 Å². The number of ether oxygens (including phenoxy) is 2. The highest BCUT2D eigenvalue weighted by Gasteiger charge is 2.39. The third kappa shape index (κ3) is 7.63. The Morgan fingerprint density at radius 3 is 2.49 bits per heavy atom. The third-order valence-corrected chi connectivity index (χ3v) is 9.16. The number of amides is 3. The van der Waals surface area contributed by atoms with E-state index in [1.165, 1.54) is 28.8 Å². The Labute approximate surface area is 276 Å². The Balaban J connectivity index is 1.14. The van der Waals surface area contributed by atoms with Gasteiger partial charge in [0.2, 0.25) is 11.8 Å². The molecule has 9 nitrogen and oxygen atoms in total. The molecule has 4 aromatic carbocycles. The number of hydrogen-bond acceptors (Lipinski definition) is 7. The topological polar surface area (TPSA) is 101 Å². The van der Waals surface area contributed by atoms with Crippen LogP contribution in [-0.4, -0.2) is 52.6 Å². The number of likely N-dealkylation sites (tertiary alicyclic amines) is 1. The van der Waals surface area contributed by atoms with Gasteiger partial charge in [-0.3, -0.25) is 19.4 Å². The van der Waals surface area contributed by atoms with Crippen LogP contribution >= 0.6 is 11.8 Å². The second-order valence-corrected chi connectivity index (χ2v) is 12.2. The van der Waals surface area contributed by atoms with E-state index >= 15 is 0 Å². The average molecular weight is 653 g/mol. The van der Waals surface area contributed by atoms with E-state index in [0.29, 0.717) is 41.7 Å². The minimum absolute atomic E-state index is 0.134. The molecule has 2 heterocycles. The number of nitrogens with one attached hydrogen (secondary N) is 1. The lowest BCUT2D eigenvalue weighted by Crippen LogP contribution is -2.43. The van der Waals surface area contributed by atoms with Crippen LogP contribution in [0.5, 0.6) is 5.75 Å². The predicted molar refractivity (Wildman–Crippen MR) is 179 cm³/mol. The van der Waals surface area contributed by atoms with Crippen molar-refractivity contribution in [2.75, 3.05) is 19.0 Å². The lowest BCUT2D eigenvalue weighted by Gasteiger charge is -2.23. The fraction of sp³-hybridized carbons (Fsp3) is 0.222. The largest absolute Gasteiger partial charge is 0.497 e. The average Bonchev–Trinajstić information content (AvgIpc) is 3.70. The van der Waals surface area contributed by atoms with Crippen LogP contribution in [0.4, 0.5) is 20.6 Å². The van der Waals surface area contributed by atoms with Gasteiger partial charge in [-0.25, -0.2) is 14.2 Å². The van der Waals surface area contributed by atoms with Crippen LogP contribution in [0, 0.1) is 5.82 Å². The molecule has 2 atom stereocenters. The van der Waals surface area contributed by atoms with Crippen molar-refractivity contribution in [1.29, 1.82) is 0 Å². The summed E-state index contributed by atoms with van der Waals surface area (Å²) in [5, 5.41) is 2.76. The van der Waals surface area contributed by atoms with Crippen molar-refractivity contribution in [3.63, 3.8) is 0 Å². The zero-order valence-corrected chi connectivity index (χ0v) is 26.5. The van der Waals surface area contributed by atoms with Gasteiger partial charge in [-0.05, 0) is 72.0 Å². The van der Waals surface area contributed by atoms with Gasteiger partial charge in [-0.2, -0.15) is 0 Å². The van der Waals surface area contributed by atoms with E-state index in [4.69, 9.17) is 9.47 Å². The van der Waals surface area contributed by atoms with Gasteiger partial charge < -0.3 is 14.8 Å². The number of rotatable bonds is 9. The maximum atomic E-state index is 13.9. The molecule has 0 bridgehead atoms. The fourth-order valence-corrected chi connectivity index (χ4v) is 6.71. The smallest absolute Gasteiger partial charge is 0.410 e. The van der Waals surface area contributed by atoms with E-state index in [0.717, 1.165) is 16.7 Å². The molecule has 2 saturated heterocycles. The lowest BCUT2D eigenvalue weighted by molar-refractivity contribution is -0.126. The first-order chi connectivity index (χ1) is 22.9. The molecule has 2 fully saturated rings. The van der Waals surface area contributed by atoms with Gasteiger partial charge in [0, 0.05) is 12.2 Å². The summed E-state index contributed by atoms with van der Waals surface area (Å²) in [5.74, 6) is -0.212. The van der Waals surface area contributed by atoms with E-state index in [2.05, 4.69) is 10.3 Å². The summed E-state index contributed by atoms with van der Waals surface area (Å²) in [6.07, 6.45) is 0.714. The molecule has 0 spiro atoms. The molecule has 3 amide bonds. The van der Waals surface area contributed by atoms with Gasteiger partial charge in [-0.1, -0.05) is 72.4 Å². The molecule has 47 heavy (non-hydrogen) atoms. The van der Waals surface area contributed by atoms with Gasteiger partial charge in [0.1, 0.15) is 29.5 Å². The van der Waals surface area contributed by atoms with Crippen molar-refractivity contribution >= 4 is 46.2 Å². The number of benzene rings is 4. The maximum absolute atomic E-state index is 13.9. The minimum atomic E-state index is -0.642. The quantitative estimate of drug-likeness (QED) is 0.208. The number of thioether (sulfide) groups is 1. The second kappa shape index (κ2) is 14.5. The van der Waals surface area contributed by atoms with Gasteiger partial charge >= 0.3 is 6.09 Å². The SMILES string of the molecule is COc1cccc(CN2C(=O)C(c3ccc(NC(=O)C4CCCN4C(=O)OCc4ccccc4)cc3)SC2=Nc2cccc(F)c2)c1. The molecule has 0 radical (unpaired) electrons. The number of aliphatic imine (C=N–C) groups is 1. The third-order valence-electron chi connectivity index (χ3n) is 7.93. The highest BCUT2D eigenvalue weighted by Crippen LogP contribution is 2.41. The zero-order chi connectivity index (χ0) is 32.8. The summed E-state index contributed by atoms with van der Waals surface area (Å²) < 4.78 is 24.8. The van der Waals surface area contributed by atoms with Crippen LogP contribution in [0.25, 0.3) is 0 Å². The van der Waals surface area contributed by atoms with Crippen LogP contribution in [0.15, 0.2) is 108 Å². The molecule has 2 aliphatic rings. The molecule has 240 valence electrons. The van der Waals surface area contributed by atoms with Crippen molar-refractivity contribution < 1.29 is 28.2 Å². The van der Waals surface area contributed by atoms with Crippen molar-refractivity contribution in [3.05, 3.63) is 126 Å². The van der Waals surface area contributed by atoms with Crippen LogP contribution in [0.2, 0.25) is 0 Å². The van der Waals surface area contributed by atoms with Crippen molar-refractivity contribution in [1.82, 2.24) is 9.80 Å². The van der Waals surface area contributed by atoms with E-state index in [1.54, 1.807) is 48.4 Å². The lowest BCUT2D eigenvalue weighted by atomic mass is 10.1. The van der Waals surface area contributed by atoms with Gasteiger partial charge in [-0.15, -0.1) is 0 Å². The molecule has 6 rings (SSSR count). The van der Waals surface area contributed by atoms with E-state index in [1.807, 2.05) is 54.6 Å². The molecule has 0 aliphatic carbocycles. The Morgan fingerprint density at radius 1 is 0.957 bits per heavy atom. The summed E-state index contributed by atoms with van der Waals surface area (Å²) in [6, 6.07) is 29.2. The number of anilines is 1. The number of nitrogens with zero attached hydrogens (tertiary/aromatic N) is 3. The number of halogens is 1. The molecular weight excluding hydrogens is 619 g/mol. The van der Waals surface area contributed by atoms with E-state index < -0.39 is 23.2 Å². The van der Waals surface area contributed by atoms with E-state index in [9.17, 15) is 18.8 Å². The Hall–Kier alpha value is -5.16. The number of methoxy groups -OCH3 is 1. The highest BCUT2D eigenvalue weighted by molar-refractivity contribution is 8.15. The molecule has 2 aliphatic heterocycles. The van der Waals surface area contributed by atoms with Gasteiger partial charge in [0.05, 0.1) is 19.3 Å². The number of carbonyl (C=O) groups is 3. The molecule has 0 saturated carbocycles. The maximum Gasteiger partial charge on any atom is 0.410 e. The molecule has 1 N–H and O–H groups in total. The first kappa shape index (κ1) is 31.8. The normalized spacial score (nSPS) is 18.4. The van der Waals surface area contributed by atoms with Crippen LogP contribution < -0.4 is 10.1 Å². The summed E-state index contributed by atoms with van der Waals surface area (Å²) in [4.78, 5) is 47.5. The van der Waals surface area contributed by atoms with Crippen LogP contribution in [0.1, 0.15) is 34.8 Å². The number of carbonyl (C=O) groups excluding carboxylic acids is 3. The van der Waals surface area contributed by atoms with Crippen molar-refractivity contribution in [2.45, 2.75) is 37.3 Å². The summed E-state index contributed by atoms with van der Waals surface area (Å²) in [6.45, 7) is 0.834. The monoisotopic (exact) mass is 652 g/mol. The molecular formula is C36H33FN4O5S. The number of hydrogen-bond donors (Lipinski definition) is 1. The standard InChI is InChI=1S/C36H33FN4O5S/c1-45-30-13-5-10-25(20-30)22-41-34(43)32(47-35(41)39-29-12-6-11-27(37)21-29)26-15-17-28(18-16-26)38-33(42)31-14-7-19-40(31)36(44)46-23-24-8-3-2-4-9-24/h2-6,8-13,15-18,20-21,31-32H,7,14,19,22-23H2,1H3,(H,38,42). The summed E-state index contributed by atoms with van der Waals surface area (Å²) in [7, 11) is 1.58. The Morgan fingerprint density at radius 2 is 1.72 bits per heavy atom. The van der Waals surface area contributed by atoms with Crippen LogP contribution in [0.3, 0.4) is 0 Å². The molecule has 2 unspecified atom stereocenters. The fourth-order valence-electron chi connectivity index (χ4n) is 5.53. The van der Waals surface area contributed by atoms with Crippen LogP contribution in [-0.2, 0) is 27.5 Å². The molecule has 4 aromatic rings. The minimum Gasteiger partial charge on any atom is -0.497 e. The predicted octanol–water partition coefficient (Wildman–Crippen LogP) is 7.08. The first-order valence-corrected chi connectivity index (χ1v) is 16.1. The summed E-state index contributed by atoms with van der Waals surface area (Å²) >= 11 is 1.28. The van der Waals surface area contributed by atoms with E-state index in [-0.39, 0.29) is 25.0 Å². The first-order valence-electron chi connectivity index (χ1n) is 15.2.